The minimum Gasteiger partial charge on any atom is -0.384 e. The third-order valence-corrected chi connectivity index (χ3v) is 5.21. The Morgan fingerprint density at radius 3 is 2.86 bits per heavy atom. The zero-order chi connectivity index (χ0) is 19.7. The number of hydrogen-bond donors (Lipinski definition) is 2. The average molecular weight is 377 g/mol. The molecule has 2 N–H and O–H groups in total. The normalized spacial score (nSPS) is 17.5. The third kappa shape index (κ3) is 3.54. The summed E-state index contributed by atoms with van der Waals surface area (Å²) >= 11 is 0. The van der Waals surface area contributed by atoms with Crippen LogP contribution in [-0.4, -0.2) is 35.6 Å². The van der Waals surface area contributed by atoms with Gasteiger partial charge in [-0.25, -0.2) is 9.97 Å². The number of pyridine rings is 2. The van der Waals surface area contributed by atoms with Crippen molar-refractivity contribution in [2.45, 2.75) is 26.3 Å². The van der Waals surface area contributed by atoms with Crippen molar-refractivity contribution in [3.8, 4) is 0 Å². The van der Waals surface area contributed by atoms with E-state index in [1.54, 1.807) is 6.20 Å². The predicted molar refractivity (Wildman–Crippen MR) is 116 cm³/mol. The Hall–Kier alpha value is -3.02. The fourth-order valence-electron chi connectivity index (χ4n) is 3.79. The Morgan fingerprint density at radius 2 is 2.11 bits per heavy atom. The molecule has 4 heterocycles. The quantitative estimate of drug-likeness (QED) is 0.769. The maximum absolute atomic E-state index is 4.98. The molecule has 2 aromatic rings. The summed E-state index contributed by atoms with van der Waals surface area (Å²) in [6.45, 7) is 15.8. The zero-order valence-electron chi connectivity index (χ0n) is 16.7. The van der Waals surface area contributed by atoms with Gasteiger partial charge in [0.1, 0.15) is 11.6 Å². The van der Waals surface area contributed by atoms with E-state index in [1.807, 2.05) is 18.2 Å². The number of aromatic nitrogens is 2. The van der Waals surface area contributed by atoms with Crippen molar-refractivity contribution in [3.05, 3.63) is 61.2 Å². The Kier molecular flexibility index (Phi) is 4.94. The second kappa shape index (κ2) is 7.54. The molecule has 0 amide bonds. The number of nitrogens with zero attached hydrogens (tertiary/aromatic N) is 4. The topological polar surface area (TPSA) is 56.3 Å². The molecule has 0 radical (unpaired) electrons. The molecule has 2 aliphatic rings. The van der Waals surface area contributed by atoms with Crippen LogP contribution >= 0.6 is 0 Å². The summed E-state index contributed by atoms with van der Waals surface area (Å²) in [6.07, 6.45) is 2.86. The summed E-state index contributed by atoms with van der Waals surface area (Å²) in [4.78, 5) is 14.0. The molecule has 1 fully saturated rings. The summed E-state index contributed by atoms with van der Waals surface area (Å²) in [6, 6.07) is 10.4. The molecule has 4 rings (SSSR count). The molecular weight excluding hydrogens is 348 g/mol. The lowest BCUT2D eigenvalue weighted by Gasteiger charge is -2.38. The van der Waals surface area contributed by atoms with Crippen molar-refractivity contribution < 1.29 is 0 Å². The maximum atomic E-state index is 4.98. The lowest BCUT2D eigenvalue weighted by molar-refractivity contribution is 0.617. The van der Waals surface area contributed by atoms with Crippen molar-refractivity contribution >= 4 is 23.0 Å². The van der Waals surface area contributed by atoms with E-state index in [2.05, 4.69) is 64.6 Å². The summed E-state index contributed by atoms with van der Waals surface area (Å²) in [7, 11) is 0. The number of nitrogens with one attached hydrogen (secondary N) is 2. The Bertz CT molecular complexity index is 876. The smallest absolute Gasteiger partial charge is 0.158 e. The maximum Gasteiger partial charge on any atom is 0.158 e. The van der Waals surface area contributed by atoms with Crippen LogP contribution in [0.4, 0.5) is 17.3 Å². The van der Waals surface area contributed by atoms with Gasteiger partial charge < -0.3 is 20.4 Å². The third-order valence-electron chi connectivity index (χ3n) is 5.21. The molecule has 1 saturated heterocycles. The van der Waals surface area contributed by atoms with Gasteiger partial charge in [0.2, 0.25) is 0 Å². The number of anilines is 3. The Balaban J connectivity index is 1.63. The van der Waals surface area contributed by atoms with Crippen LogP contribution in [0.3, 0.4) is 0 Å². The lowest BCUT2D eigenvalue weighted by atomic mass is 10.1. The van der Waals surface area contributed by atoms with Crippen LogP contribution in [0, 0.1) is 5.92 Å². The highest BCUT2D eigenvalue weighted by molar-refractivity contribution is 5.77. The average Bonchev–Trinajstić information content (AvgIpc) is 3.11. The van der Waals surface area contributed by atoms with Crippen molar-refractivity contribution in [1.29, 1.82) is 0 Å². The van der Waals surface area contributed by atoms with Gasteiger partial charge in [0.05, 0.1) is 23.1 Å². The van der Waals surface area contributed by atoms with Gasteiger partial charge in [-0.1, -0.05) is 33.1 Å². The van der Waals surface area contributed by atoms with E-state index in [4.69, 9.17) is 4.98 Å². The second-order valence-electron chi connectivity index (χ2n) is 7.84. The SMILES string of the molecule is C=C(NCC(C)C)c1ccc2c(n1)N(C(=C)Nc1ccccn1)C1CCN2C1. The summed E-state index contributed by atoms with van der Waals surface area (Å²) in [5, 5.41) is 6.74. The molecule has 0 aromatic carbocycles. The molecule has 2 aromatic heterocycles. The number of fused-ring (bicyclic) bond motifs is 4. The molecule has 0 saturated carbocycles. The predicted octanol–water partition coefficient (Wildman–Crippen LogP) is 3.67. The first-order valence-corrected chi connectivity index (χ1v) is 9.88. The molecule has 1 unspecified atom stereocenters. The molecule has 0 aliphatic carbocycles. The van der Waals surface area contributed by atoms with Gasteiger partial charge >= 0.3 is 0 Å². The van der Waals surface area contributed by atoms with Crippen molar-refractivity contribution in [3.63, 3.8) is 0 Å². The molecular formula is C22H28N6. The van der Waals surface area contributed by atoms with E-state index in [0.717, 1.165) is 60.6 Å². The fraction of sp³-hybridized carbons (Fsp3) is 0.364. The monoisotopic (exact) mass is 376 g/mol. The molecule has 6 heteroatoms. The number of hydrogen-bond acceptors (Lipinski definition) is 6. The van der Waals surface area contributed by atoms with E-state index in [9.17, 15) is 0 Å². The Morgan fingerprint density at radius 1 is 1.25 bits per heavy atom. The van der Waals surface area contributed by atoms with Crippen LogP contribution in [0.2, 0.25) is 0 Å². The highest BCUT2D eigenvalue weighted by atomic mass is 15.4. The molecule has 2 aliphatic heterocycles. The van der Waals surface area contributed by atoms with E-state index >= 15 is 0 Å². The summed E-state index contributed by atoms with van der Waals surface area (Å²) < 4.78 is 0. The zero-order valence-corrected chi connectivity index (χ0v) is 16.7. The van der Waals surface area contributed by atoms with E-state index in [1.165, 1.54) is 0 Å². The molecule has 2 bridgehead atoms. The first-order valence-electron chi connectivity index (χ1n) is 9.88. The van der Waals surface area contributed by atoms with Crippen molar-refractivity contribution in [2.75, 3.05) is 34.8 Å². The minimum atomic E-state index is 0.357. The fourth-order valence-corrected chi connectivity index (χ4v) is 3.79. The summed E-state index contributed by atoms with van der Waals surface area (Å²) in [5.74, 6) is 3.08. The molecule has 0 spiro atoms. The van der Waals surface area contributed by atoms with Crippen molar-refractivity contribution in [1.82, 2.24) is 15.3 Å². The molecule has 28 heavy (non-hydrogen) atoms. The van der Waals surface area contributed by atoms with E-state index in [-0.39, 0.29) is 0 Å². The Labute approximate surface area is 167 Å². The van der Waals surface area contributed by atoms with Crippen LogP contribution in [-0.2, 0) is 0 Å². The van der Waals surface area contributed by atoms with Gasteiger partial charge in [-0.15, -0.1) is 0 Å². The molecule has 6 nitrogen and oxygen atoms in total. The van der Waals surface area contributed by atoms with Crippen LogP contribution in [0.5, 0.6) is 0 Å². The van der Waals surface area contributed by atoms with Crippen molar-refractivity contribution in [2.24, 2.45) is 5.92 Å². The second-order valence-corrected chi connectivity index (χ2v) is 7.84. The van der Waals surface area contributed by atoms with Crippen LogP contribution in [0.25, 0.3) is 5.70 Å². The van der Waals surface area contributed by atoms with Crippen LogP contribution in [0.1, 0.15) is 26.0 Å². The van der Waals surface area contributed by atoms with Gasteiger partial charge in [0, 0.05) is 25.8 Å². The first kappa shape index (κ1) is 18.3. The first-order chi connectivity index (χ1) is 13.5. The minimum absolute atomic E-state index is 0.357. The highest BCUT2D eigenvalue weighted by Gasteiger charge is 2.38. The van der Waals surface area contributed by atoms with Crippen LogP contribution in [0.15, 0.2) is 55.5 Å². The summed E-state index contributed by atoms with van der Waals surface area (Å²) in [5.41, 5.74) is 2.88. The lowest BCUT2D eigenvalue weighted by Crippen LogP contribution is -2.43. The van der Waals surface area contributed by atoms with Gasteiger partial charge in [-0.05, 0) is 36.6 Å². The van der Waals surface area contributed by atoms with Gasteiger partial charge in [-0.2, -0.15) is 0 Å². The standard InChI is InChI=1S/C22H28N6/c1-15(2)13-24-16(3)19-8-9-20-22(26-19)28(18-10-12-27(20)14-18)17(4)25-21-7-5-6-11-23-21/h5-9,11,15,18,24H,3-4,10,12-14H2,1-2H3,(H,23,25). The van der Waals surface area contributed by atoms with Gasteiger partial charge in [0.15, 0.2) is 5.82 Å². The molecule has 1 atom stereocenters. The van der Waals surface area contributed by atoms with E-state index < -0.39 is 0 Å². The van der Waals surface area contributed by atoms with Gasteiger partial charge in [-0.3, -0.25) is 0 Å². The van der Waals surface area contributed by atoms with Crippen LogP contribution < -0.4 is 20.4 Å². The highest BCUT2D eigenvalue weighted by Crippen LogP contribution is 2.41. The van der Waals surface area contributed by atoms with E-state index in [0.29, 0.717) is 12.0 Å². The largest absolute Gasteiger partial charge is 0.384 e. The number of rotatable bonds is 7. The van der Waals surface area contributed by atoms with Gasteiger partial charge in [0.25, 0.3) is 0 Å². The molecule has 146 valence electrons.